The zero-order valence-corrected chi connectivity index (χ0v) is 6.62. The van der Waals surface area contributed by atoms with Gasteiger partial charge in [0, 0.05) is 6.54 Å². The molecule has 0 rings (SSSR count). The van der Waals surface area contributed by atoms with E-state index in [1.54, 1.807) is 13.0 Å². The third-order valence-corrected chi connectivity index (χ3v) is 0.956. The van der Waals surface area contributed by atoms with Crippen LogP contribution in [0.25, 0.3) is 0 Å². The van der Waals surface area contributed by atoms with Crippen LogP contribution in [0.2, 0.25) is 0 Å². The molecule has 0 aliphatic carbocycles. The van der Waals surface area contributed by atoms with E-state index in [0.29, 0.717) is 13.2 Å². The Morgan fingerprint density at radius 1 is 1.82 bits per heavy atom. The second kappa shape index (κ2) is 5.88. The van der Waals surface area contributed by atoms with Crippen molar-refractivity contribution >= 4 is 5.97 Å². The Labute approximate surface area is 66.0 Å². The van der Waals surface area contributed by atoms with Crippen molar-refractivity contribution in [3.05, 3.63) is 12.7 Å². The van der Waals surface area contributed by atoms with E-state index in [4.69, 9.17) is 9.94 Å². The Balaban J connectivity index is 3.67. The number of nitrogens with zero attached hydrogens (tertiary/aromatic N) is 1. The summed E-state index contributed by atoms with van der Waals surface area (Å²) in [5, 5.41) is 9.72. The van der Waals surface area contributed by atoms with E-state index in [9.17, 15) is 4.79 Å². The lowest BCUT2D eigenvalue weighted by atomic mass is 10.5. The first-order chi connectivity index (χ1) is 5.20. The second-order valence-electron chi connectivity index (χ2n) is 1.92. The highest BCUT2D eigenvalue weighted by molar-refractivity contribution is 5.68. The second-order valence-corrected chi connectivity index (χ2v) is 1.92. The monoisotopic (exact) mass is 159 g/mol. The van der Waals surface area contributed by atoms with Crippen molar-refractivity contribution in [1.29, 1.82) is 0 Å². The quantitative estimate of drug-likeness (QED) is 0.453. The molecule has 0 radical (unpaired) electrons. The Kier molecular flexibility index (Phi) is 5.42. The van der Waals surface area contributed by atoms with Crippen molar-refractivity contribution in [2.24, 2.45) is 0 Å². The van der Waals surface area contributed by atoms with Gasteiger partial charge >= 0.3 is 5.97 Å². The van der Waals surface area contributed by atoms with Crippen LogP contribution in [0.4, 0.5) is 0 Å². The third kappa shape index (κ3) is 5.57. The maximum atomic E-state index is 10.2. The lowest BCUT2D eigenvalue weighted by Crippen LogP contribution is -2.30. The highest BCUT2D eigenvalue weighted by atomic mass is 16.7. The Hall–Kier alpha value is -0.870. The van der Waals surface area contributed by atoms with E-state index < -0.39 is 5.97 Å². The SMILES string of the molecule is C=CCN(CC(=O)O)OCC. The fraction of sp³-hybridized carbons (Fsp3) is 0.571. The van der Waals surface area contributed by atoms with E-state index in [2.05, 4.69) is 6.58 Å². The van der Waals surface area contributed by atoms with Crippen LogP contribution < -0.4 is 0 Å². The van der Waals surface area contributed by atoms with Gasteiger partial charge in [0.05, 0.1) is 6.61 Å². The standard InChI is InChI=1S/C7H13NO3/c1-3-5-8(11-4-2)6-7(9)10/h3H,1,4-6H2,2H3,(H,9,10). The van der Waals surface area contributed by atoms with Crippen LogP contribution in [0, 0.1) is 0 Å². The molecule has 0 saturated carbocycles. The highest BCUT2D eigenvalue weighted by Gasteiger charge is 2.06. The molecule has 0 saturated heterocycles. The molecule has 0 heterocycles. The van der Waals surface area contributed by atoms with Gasteiger partial charge in [-0.2, -0.15) is 5.06 Å². The van der Waals surface area contributed by atoms with Gasteiger partial charge in [-0.1, -0.05) is 6.08 Å². The van der Waals surface area contributed by atoms with E-state index in [1.807, 2.05) is 0 Å². The van der Waals surface area contributed by atoms with Crippen molar-refractivity contribution in [2.45, 2.75) is 6.92 Å². The molecule has 0 spiro atoms. The van der Waals surface area contributed by atoms with Gasteiger partial charge in [0.15, 0.2) is 0 Å². The number of hydrogen-bond acceptors (Lipinski definition) is 3. The summed E-state index contributed by atoms with van der Waals surface area (Å²) in [4.78, 5) is 15.2. The van der Waals surface area contributed by atoms with Crippen LogP contribution in [-0.2, 0) is 9.63 Å². The number of aliphatic carboxylic acids is 1. The van der Waals surface area contributed by atoms with Gasteiger partial charge in [0.25, 0.3) is 0 Å². The van der Waals surface area contributed by atoms with Gasteiger partial charge in [-0.05, 0) is 6.92 Å². The number of hydroxylamine groups is 2. The number of rotatable bonds is 6. The molecule has 0 aliphatic rings. The normalized spacial score (nSPS) is 10.0. The average Bonchev–Trinajstić information content (AvgIpc) is 1.87. The molecule has 0 aliphatic heterocycles. The number of carbonyl (C=O) groups is 1. The van der Waals surface area contributed by atoms with Crippen LogP contribution in [0.3, 0.4) is 0 Å². The predicted molar refractivity (Wildman–Crippen MR) is 41.0 cm³/mol. The molecule has 0 amide bonds. The summed E-state index contributed by atoms with van der Waals surface area (Å²) in [6.07, 6.45) is 1.60. The summed E-state index contributed by atoms with van der Waals surface area (Å²) in [5.74, 6) is -0.902. The van der Waals surface area contributed by atoms with E-state index in [0.717, 1.165) is 0 Å². The topological polar surface area (TPSA) is 49.8 Å². The summed E-state index contributed by atoms with van der Waals surface area (Å²) in [7, 11) is 0. The smallest absolute Gasteiger partial charge is 0.320 e. The Bertz CT molecular complexity index is 136. The van der Waals surface area contributed by atoms with Gasteiger partial charge in [0.2, 0.25) is 0 Å². The molecule has 0 bridgehead atoms. The lowest BCUT2D eigenvalue weighted by molar-refractivity contribution is -0.169. The molecule has 0 aromatic rings. The summed E-state index contributed by atoms with van der Waals surface area (Å²) < 4.78 is 0. The van der Waals surface area contributed by atoms with Crippen LogP contribution in [-0.4, -0.2) is 35.8 Å². The largest absolute Gasteiger partial charge is 0.480 e. The Morgan fingerprint density at radius 3 is 2.82 bits per heavy atom. The molecule has 64 valence electrons. The summed E-state index contributed by atoms with van der Waals surface area (Å²) in [6, 6.07) is 0. The van der Waals surface area contributed by atoms with Crippen LogP contribution in [0.1, 0.15) is 6.92 Å². The zero-order chi connectivity index (χ0) is 8.69. The van der Waals surface area contributed by atoms with Gasteiger partial charge in [-0.3, -0.25) is 9.63 Å². The molecule has 0 atom stereocenters. The van der Waals surface area contributed by atoms with E-state index in [-0.39, 0.29) is 6.54 Å². The zero-order valence-electron chi connectivity index (χ0n) is 6.62. The molecule has 0 unspecified atom stereocenters. The van der Waals surface area contributed by atoms with Crippen molar-refractivity contribution in [3.63, 3.8) is 0 Å². The van der Waals surface area contributed by atoms with Gasteiger partial charge in [-0.15, -0.1) is 6.58 Å². The van der Waals surface area contributed by atoms with E-state index in [1.165, 1.54) is 5.06 Å². The Morgan fingerprint density at radius 2 is 2.45 bits per heavy atom. The minimum atomic E-state index is -0.902. The van der Waals surface area contributed by atoms with Crippen LogP contribution in [0.5, 0.6) is 0 Å². The number of carboxylic acid groups (broad SMARTS) is 1. The molecule has 0 fully saturated rings. The molecule has 0 aromatic carbocycles. The van der Waals surface area contributed by atoms with E-state index >= 15 is 0 Å². The highest BCUT2D eigenvalue weighted by Crippen LogP contribution is 1.89. The predicted octanol–water partition coefficient (Wildman–Crippen LogP) is 0.510. The first-order valence-corrected chi connectivity index (χ1v) is 3.41. The van der Waals surface area contributed by atoms with Gasteiger partial charge in [-0.25, -0.2) is 0 Å². The van der Waals surface area contributed by atoms with Crippen molar-refractivity contribution in [1.82, 2.24) is 5.06 Å². The molecule has 11 heavy (non-hydrogen) atoms. The van der Waals surface area contributed by atoms with Crippen LogP contribution in [0.15, 0.2) is 12.7 Å². The summed E-state index contributed by atoms with van der Waals surface area (Å²) >= 11 is 0. The molecular formula is C7H13NO3. The molecule has 4 heteroatoms. The molecule has 1 N–H and O–H groups in total. The number of hydrogen-bond donors (Lipinski definition) is 1. The van der Waals surface area contributed by atoms with Crippen molar-refractivity contribution < 1.29 is 14.7 Å². The van der Waals surface area contributed by atoms with Crippen molar-refractivity contribution in [3.8, 4) is 0 Å². The minimum absolute atomic E-state index is 0.111. The fourth-order valence-corrected chi connectivity index (χ4v) is 0.640. The first-order valence-electron chi connectivity index (χ1n) is 3.41. The van der Waals surface area contributed by atoms with Crippen LogP contribution >= 0.6 is 0 Å². The summed E-state index contributed by atoms with van der Waals surface area (Å²) in [5.41, 5.74) is 0. The molecule has 0 aromatic heterocycles. The minimum Gasteiger partial charge on any atom is -0.480 e. The number of carboxylic acids is 1. The first kappa shape index (κ1) is 10.1. The lowest BCUT2D eigenvalue weighted by Gasteiger charge is -2.16. The molecule has 4 nitrogen and oxygen atoms in total. The fourth-order valence-electron chi connectivity index (χ4n) is 0.640. The van der Waals surface area contributed by atoms with Crippen molar-refractivity contribution in [2.75, 3.05) is 19.7 Å². The maximum Gasteiger partial charge on any atom is 0.320 e. The maximum absolute atomic E-state index is 10.2. The molecular weight excluding hydrogens is 146 g/mol. The van der Waals surface area contributed by atoms with Gasteiger partial charge < -0.3 is 5.11 Å². The summed E-state index contributed by atoms with van der Waals surface area (Å²) in [6.45, 7) is 6.07. The average molecular weight is 159 g/mol. The van der Waals surface area contributed by atoms with Gasteiger partial charge in [0.1, 0.15) is 6.54 Å². The third-order valence-electron chi connectivity index (χ3n) is 0.956.